The summed E-state index contributed by atoms with van der Waals surface area (Å²) in [5.74, 6) is -0.262. The average Bonchev–Trinajstić information content (AvgIpc) is 2.85. The van der Waals surface area contributed by atoms with Crippen molar-refractivity contribution in [2.45, 2.75) is 74.7 Å². The van der Waals surface area contributed by atoms with Crippen LogP contribution in [0.4, 0.5) is 8.78 Å². The van der Waals surface area contributed by atoms with Crippen LogP contribution in [0.15, 0.2) is 30.6 Å². The molecule has 2 atom stereocenters. The van der Waals surface area contributed by atoms with Crippen molar-refractivity contribution in [1.29, 1.82) is 0 Å². The number of ether oxygens (including phenoxy) is 1. The number of aromatic nitrogens is 2. The average molecular weight is 507 g/mol. The van der Waals surface area contributed by atoms with Crippen LogP contribution in [0.3, 0.4) is 0 Å². The largest absolute Gasteiger partial charge is 0.480 e. The minimum atomic E-state index is -2.74. The number of nitrogens with zero attached hydrogens (tertiary/aromatic N) is 2. The van der Waals surface area contributed by atoms with E-state index in [9.17, 15) is 23.5 Å². The Hall–Kier alpha value is -2.85. The lowest BCUT2D eigenvalue weighted by Gasteiger charge is -2.54. The molecule has 3 aliphatic carbocycles. The van der Waals surface area contributed by atoms with Crippen LogP contribution < -0.4 is 15.4 Å². The number of halogens is 3. The first kappa shape index (κ1) is 23.9. The van der Waals surface area contributed by atoms with Crippen LogP contribution in [0, 0.1) is 0 Å². The van der Waals surface area contributed by atoms with Gasteiger partial charge in [0.15, 0.2) is 6.10 Å². The molecule has 6 rings (SSSR count). The molecule has 2 unspecified atom stereocenters. The highest BCUT2D eigenvalue weighted by atomic mass is 35.5. The van der Waals surface area contributed by atoms with Gasteiger partial charge in [0.25, 0.3) is 18.2 Å². The number of benzene rings is 1. The van der Waals surface area contributed by atoms with Gasteiger partial charge in [0, 0.05) is 28.1 Å². The summed E-state index contributed by atoms with van der Waals surface area (Å²) in [6.07, 6.45) is 1.74. The van der Waals surface area contributed by atoms with Gasteiger partial charge < -0.3 is 20.5 Å². The van der Waals surface area contributed by atoms with E-state index in [0.29, 0.717) is 54.9 Å². The van der Waals surface area contributed by atoms with E-state index >= 15 is 0 Å². The number of carbonyl (C=O) groups excluding carboxylic acids is 2. The molecule has 0 radical (unpaired) electrons. The number of nitrogens with one attached hydrogen (secondary N) is 2. The van der Waals surface area contributed by atoms with Crippen molar-refractivity contribution in [2.75, 3.05) is 0 Å². The Labute approximate surface area is 205 Å². The summed E-state index contributed by atoms with van der Waals surface area (Å²) in [5, 5.41) is 17.2. The highest BCUT2D eigenvalue weighted by Crippen LogP contribution is 2.47. The van der Waals surface area contributed by atoms with Crippen molar-refractivity contribution >= 4 is 23.4 Å². The molecular formula is C24H25ClF2N4O4. The van der Waals surface area contributed by atoms with Gasteiger partial charge in [-0.15, -0.1) is 0 Å². The second-order valence-electron chi connectivity index (χ2n) is 9.67. The van der Waals surface area contributed by atoms with Gasteiger partial charge in [0.05, 0.1) is 18.5 Å². The second kappa shape index (κ2) is 8.98. The first-order valence-corrected chi connectivity index (χ1v) is 11.9. The van der Waals surface area contributed by atoms with Crippen LogP contribution in [-0.4, -0.2) is 44.1 Å². The lowest BCUT2D eigenvalue weighted by molar-refractivity contribution is -0.134. The zero-order chi connectivity index (χ0) is 24.8. The smallest absolute Gasteiger partial charge is 0.281 e. The number of fused-ring (bicyclic) bond motifs is 4. The Bertz CT molecular complexity index is 1120. The molecule has 3 N–H and O–H groups in total. The van der Waals surface area contributed by atoms with Crippen molar-refractivity contribution in [3.8, 4) is 5.75 Å². The predicted molar refractivity (Wildman–Crippen MR) is 121 cm³/mol. The van der Waals surface area contributed by atoms with E-state index in [-0.39, 0.29) is 18.0 Å². The molecule has 2 amide bonds. The Morgan fingerprint density at radius 2 is 1.71 bits per heavy atom. The molecule has 2 heterocycles. The maximum Gasteiger partial charge on any atom is 0.281 e. The monoisotopic (exact) mass is 506 g/mol. The second-order valence-corrected chi connectivity index (χ2v) is 10.1. The molecule has 0 spiro atoms. The Morgan fingerprint density at radius 1 is 1.06 bits per heavy atom. The summed E-state index contributed by atoms with van der Waals surface area (Å²) >= 11 is 6.00. The van der Waals surface area contributed by atoms with Crippen molar-refractivity contribution < 1.29 is 28.2 Å². The normalized spacial score (nSPS) is 29.3. The van der Waals surface area contributed by atoms with Crippen molar-refractivity contribution in [3.05, 3.63) is 52.6 Å². The SMILES string of the molecule is O=C(NC12CCC(NC(=O)C3CC(O)c4cc(Cl)ccc4O3)(CC1)CC2)c1cnc(C(F)F)cn1. The lowest BCUT2D eigenvalue weighted by Crippen LogP contribution is -2.65. The molecule has 1 aromatic heterocycles. The molecular weight excluding hydrogens is 482 g/mol. The minimum Gasteiger partial charge on any atom is -0.480 e. The Kier molecular flexibility index (Phi) is 6.13. The minimum absolute atomic E-state index is 0.00550. The molecule has 35 heavy (non-hydrogen) atoms. The van der Waals surface area contributed by atoms with Crippen LogP contribution in [0.1, 0.15) is 79.2 Å². The van der Waals surface area contributed by atoms with Gasteiger partial charge in [0.1, 0.15) is 17.1 Å². The fraction of sp³-hybridized carbons (Fsp3) is 0.500. The van der Waals surface area contributed by atoms with Crippen LogP contribution in [-0.2, 0) is 4.79 Å². The van der Waals surface area contributed by atoms with E-state index in [0.717, 1.165) is 12.4 Å². The van der Waals surface area contributed by atoms with Gasteiger partial charge in [0.2, 0.25) is 0 Å². The maximum atomic E-state index is 13.1. The summed E-state index contributed by atoms with van der Waals surface area (Å²) in [6, 6.07) is 4.95. The van der Waals surface area contributed by atoms with Crippen LogP contribution in [0.2, 0.25) is 5.02 Å². The summed E-state index contributed by atoms with van der Waals surface area (Å²) in [5.41, 5.74) is -0.727. The fourth-order valence-corrected chi connectivity index (χ4v) is 5.53. The van der Waals surface area contributed by atoms with Gasteiger partial charge in [-0.25, -0.2) is 13.8 Å². The number of hydrogen-bond acceptors (Lipinski definition) is 6. The zero-order valence-electron chi connectivity index (χ0n) is 18.8. The standard InChI is InChI=1S/C24H25ClF2N4O4/c25-13-1-2-18-14(9-13)17(32)10-19(35-18)22(34)31-24-6-3-23(4-7-24,5-8-24)30-21(33)16-12-28-15(11-29-16)20(26)27/h1-2,9,11-12,17,19-20,32H,3-8,10H2,(H,30,33)(H,31,34). The number of rotatable bonds is 5. The summed E-state index contributed by atoms with van der Waals surface area (Å²) < 4.78 is 31.2. The third kappa shape index (κ3) is 4.69. The molecule has 3 fully saturated rings. The van der Waals surface area contributed by atoms with Crippen molar-refractivity contribution in [2.24, 2.45) is 0 Å². The van der Waals surface area contributed by atoms with Crippen LogP contribution in [0.25, 0.3) is 0 Å². The summed E-state index contributed by atoms with van der Waals surface area (Å²) in [4.78, 5) is 33.2. The molecule has 11 heteroatoms. The van der Waals surface area contributed by atoms with Gasteiger partial charge in [-0.1, -0.05) is 11.6 Å². The molecule has 2 aromatic rings. The fourth-order valence-electron chi connectivity index (χ4n) is 5.35. The highest BCUT2D eigenvalue weighted by Gasteiger charge is 2.51. The molecule has 2 bridgehead atoms. The zero-order valence-corrected chi connectivity index (χ0v) is 19.5. The predicted octanol–water partition coefficient (Wildman–Crippen LogP) is 3.64. The molecule has 0 saturated heterocycles. The quantitative estimate of drug-likeness (QED) is 0.570. The maximum absolute atomic E-state index is 13.1. The third-order valence-electron chi connectivity index (χ3n) is 7.47. The summed E-state index contributed by atoms with van der Waals surface area (Å²) in [6.45, 7) is 0. The molecule has 8 nitrogen and oxygen atoms in total. The third-order valence-corrected chi connectivity index (χ3v) is 7.71. The number of amides is 2. The van der Waals surface area contributed by atoms with E-state index in [2.05, 4.69) is 20.6 Å². The van der Waals surface area contributed by atoms with Crippen LogP contribution in [0.5, 0.6) is 5.75 Å². The summed E-state index contributed by atoms with van der Waals surface area (Å²) in [7, 11) is 0. The van der Waals surface area contributed by atoms with Crippen molar-refractivity contribution in [3.63, 3.8) is 0 Å². The topological polar surface area (TPSA) is 113 Å². The number of aliphatic hydroxyl groups is 1. The van der Waals surface area contributed by atoms with E-state index < -0.39 is 41.3 Å². The number of alkyl halides is 2. The van der Waals surface area contributed by atoms with Gasteiger partial charge in [-0.3, -0.25) is 14.6 Å². The number of carbonyl (C=O) groups is 2. The van der Waals surface area contributed by atoms with Crippen LogP contribution >= 0.6 is 11.6 Å². The molecule has 3 saturated carbocycles. The van der Waals surface area contributed by atoms with E-state index in [1.807, 2.05) is 0 Å². The highest BCUT2D eigenvalue weighted by molar-refractivity contribution is 6.30. The van der Waals surface area contributed by atoms with E-state index in [4.69, 9.17) is 16.3 Å². The Balaban J connectivity index is 1.19. The Morgan fingerprint density at radius 3 is 2.31 bits per heavy atom. The number of aliphatic hydroxyl groups excluding tert-OH is 1. The molecule has 1 aromatic carbocycles. The van der Waals surface area contributed by atoms with Crippen molar-refractivity contribution in [1.82, 2.24) is 20.6 Å². The van der Waals surface area contributed by atoms with Gasteiger partial charge in [-0.2, -0.15) is 0 Å². The molecule has 1 aliphatic heterocycles. The van der Waals surface area contributed by atoms with E-state index in [1.54, 1.807) is 18.2 Å². The first-order valence-electron chi connectivity index (χ1n) is 11.6. The van der Waals surface area contributed by atoms with E-state index in [1.165, 1.54) is 0 Å². The van der Waals surface area contributed by atoms with Gasteiger partial charge in [-0.05, 0) is 56.7 Å². The molecule has 186 valence electrons. The lowest BCUT2D eigenvalue weighted by atomic mass is 9.61. The molecule has 4 aliphatic rings. The first-order chi connectivity index (χ1) is 16.7. The number of hydrogen-bond donors (Lipinski definition) is 3. The van der Waals surface area contributed by atoms with Gasteiger partial charge >= 0.3 is 0 Å².